The number of aliphatic hydroxyl groups excluding tert-OH is 1. The summed E-state index contributed by atoms with van der Waals surface area (Å²) < 4.78 is 0. The number of β-amino-alcohol motifs (C(OH)–C–C–N with tert-alkyl or cyclic N) is 1. The van der Waals surface area contributed by atoms with Gasteiger partial charge in [-0.25, -0.2) is 4.98 Å². The van der Waals surface area contributed by atoms with Crippen molar-refractivity contribution in [1.82, 2.24) is 20.1 Å². The van der Waals surface area contributed by atoms with E-state index in [2.05, 4.69) is 15.2 Å². The number of amides is 1. The van der Waals surface area contributed by atoms with Crippen molar-refractivity contribution in [3.8, 4) is 0 Å². The number of aliphatic hydroxyl groups is 1. The highest BCUT2D eigenvalue weighted by Crippen LogP contribution is 2.34. The van der Waals surface area contributed by atoms with E-state index in [1.807, 2.05) is 19.1 Å². The highest BCUT2D eigenvalue weighted by molar-refractivity contribution is 6.30. The molecule has 2 N–H and O–H groups in total. The number of pyridine rings is 1. The Labute approximate surface area is 149 Å². The maximum atomic E-state index is 13.0. The van der Waals surface area contributed by atoms with Gasteiger partial charge in [-0.3, -0.25) is 9.89 Å². The van der Waals surface area contributed by atoms with Gasteiger partial charge in [0.1, 0.15) is 0 Å². The highest BCUT2D eigenvalue weighted by Gasteiger charge is 2.35. The van der Waals surface area contributed by atoms with Gasteiger partial charge < -0.3 is 10.0 Å². The molecule has 6 nitrogen and oxygen atoms in total. The van der Waals surface area contributed by atoms with Crippen LogP contribution in [0.2, 0.25) is 5.02 Å². The molecule has 1 aliphatic heterocycles. The largest absolute Gasteiger partial charge is 0.391 e. The first-order valence-electron chi connectivity index (χ1n) is 8.08. The van der Waals surface area contributed by atoms with Gasteiger partial charge in [0.25, 0.3) is 5.91 Å². The third-order valence-electron chi connectivity index (χ3n) is 4.64. The molecule has 2 atom stereocenters. The number of halogens is 1. The third kappa shape index (κ3) is 2.88. The summed E-state index contributed by atoms with van der Waals surface area (Å²) in [5.41, 5.74) is 2.91. The predicted molar refractivity (Wildman–Crippen MR) is 94.5 cm³/mol. The van der Waals surface area contributed by atoms with E-state index in [0.29, 0.717) is 29.2 Å². The molecule has 25 heavy (non-hydrogen) atoms. The molecule has 3 heterocycles. The number of aromatic amines is 1. The van der Waals surface area contributed by atoms with Gasteiger partial charge in [-0.2, -0.15) is 5.10 Å². The number of rotatable bonds is 2. The number of aromatic nitrogens is 3. The van der Waals surface area contributed by atoms with Crippen LogP contribution in [0.15, 0.2) is 36.5 Å². The summed E-state index contributed by atoms with van der Waals surface area (Å²) in [6.07, 6.45) is 1.50. The molecule has 0 unspecified atom stereocenters. The second-order valence-electron chi connectivity index (χ2n) is 6.36. The van der Waals surface area contributed by atoms with Crippen molar-refractivity contribution < 1.29 is 9.90 Å². The van der Waals surface area contributed by atoms with Gasteiger partial charge in [0.2, 0.25) is 0 Å². The second kappa shape index (κ2) is 6.13. The summed E-state index contributed by atoms with van der Waals surface area (Å²) >= 11 is 5.95. The molecule has 4 rings (SSSR count). The number of likely N-dealkylation sites (tertiary alicyclic amines) is 1. The molecule has 0 spiro atoms. The fraction of sp³-hybridized carbons (Fsp3) is 0.278. The number of hydrogen-bond donors (Lipinski definition) is 2. The Bertz CT molecular complexity index is 938. The van der Waals surface area contributed by atoms with E-state index in [0.717, 1.165) is 16.6 Å². The van der Waals surface area contributed by atoms with Gasteiger partial charge in [-0.05, 0) is 37.1 Å². The normalized spacial score (nSPS) is 20.4. The number of hydrogen-bond acceptors (Lipinski definition) is 4. The lowest BCUT2D eigenvalue weighted by Crippen LogP contribution is -2.31. The van der Waals surface area contributed by atoms with Crippen LogP contribution in [0, 0.1) is 6.92 Å². The lowest BCUT2D eigenvalue weighted by atomic mass is 10.0. The maximum Gasteiger partial charge on any atom is 0.256 e. The number of fused-ring (bicyclic) bond motifs is 1. The van der Waals surface area contributed by atoms with Crippen LogP contribution in [0.4, 0.5) is 0 Å². The Morgan fingerprint density at radius 3 is 2.88 bits per heavy atom. The Balaban J connectivity index is 1.68. The monoisotopic (exact) mass is 356 g/mol. The van der Waals surface area contributed by atoms with E-state index in [-0.39, 0.29) is 11.9 Å². The molecular formula is C18H17ClN4O2. The summed E-state index contributed by atoms with van der Waals surface area (Å²) in [6.45, 7) is 2.19. The Kier molecular flexibility index (Phi) is 3.94. The Morgan fingerprint density at radius 2 is 2.12 bits per heavy atom. The first kappa shape index (κ1) is 16.1. The minimum absolute atomic E-state index is 0.147. The summed E-state index contributed by atoms with van der Waals surface area (Å²) in [5, 5.41) is 18.5. The number of carbonyl (C=O) groups is 1. The highest BCUT2D eigenvalue weighted by atomic mass is 35.5. The average Bonchev–Trinajstić information content (AvgIpc) is 3.18. The number of benzene rings is 1. The van der Waals surface area contributed by atoms with Crippen LogP contribution in [0.3, 0.4) is 0 Å². The number of H-pyrrole nitrogens is 1. The van der Waals surface area contributed by atoms with Crippen LogP contribution in [-0.2, 0) is 0 Å². The van der Waals surface area contributed by atoms with Crippen molar-refractivity contribution in [1.29, 1.82) is 0 Å². The average molecular weight is 357 g/mol. The van der Waals surface area contributed by atoms with Gasteiger partial charge in [-0.15, -0.1) is 0 Å². The molecule has 3 aromatic rings. The topological polar surface area (TPSA) is 82.1 Å². The van der Waals surface area contributed by atoms with Crippen molar-refractivity contribution in [2.45, 2.75) is 25.5 Å². The number of nitrogens with zero attached hydrogens (tertiary/aromatic N) is 3. The van der Waals surface area contributed by atoms with E-state index in [1.54, 1.807) is 23.1 Å². The quantitative estimate of drug-likeness (QED) is 0.739. The second-order valence-corrected chi connectivity index (χ2v) is 6.79. The molecule has 1 amide bonds. The van der Waals surface area contributed by atoms with Crippen LogP contribution in [0.1, 0.15) is 34.1 Å². The molecule has 1 aromatic carbocycles. The zero-order valence-electron chi connectivity index (χ0n) is 13.6. The summed E-state index contributed by atoms with van der Waals surface area (Å²) in [6, 6.07) is 9.01. The fourth-order valence-corrected chi connectivity index (χ4v) is 3.47. The first-order valence-corrected chi connectivity index (χ1v) is 8.46. The molecule has 1 fully saturated rings. The smallest absolute Gasteiger partial charge is 0.256 e. The van der Waals surface area contributed by atoms with Crippen LogP contribution < -0.4 is 0 Å². The zero-order valence-corrected chi connectivity index (χ0v) is 14.4. The van der Waals surface area contributed by atoms with Crippen LogP contribution in [0.5, 0.6) is 0 Å². The molecule has 0 bridgehead atoms. The maximum absolute atomic E-state index is 13.0. The van der Waals surface area contributed by atoms with Crippen molar-refractivity contribution in [3.63, 3.8) is 0 Å². The molecule has 7 heteroatoms. The SMILES string of the molecule is Cc1[nH]nc2ncc(C(=O)N3C[C@@H](O)C[C@H]3c3ccc(Cl)cc3)cc12. The van der Waals surface area contributed by atoms with Gasteiger partial charge in [0, 0.05) is 28.8 Å². The summed E-state index contributed by atoms with van der Waals surface area (Å²) in [7, 11) is 0. The number of aryl methyl sites for hydroxylation is 1. The molecule has 0 aliphatic carbocycles. The predicted octanol–water partition coefficient (Wildman–Crippen LogP) is 2.87. The van der Waals surface area contributed by atoms with Gasteiger partial charge in [0.15, 0.2) is 5.65 Å². The van der Waals surface area contributed by atoms with E-state index < -0.39 is 6.10 Å². The molecular weight excluding hydrogens is 340 g/mol. The van der Waals surface area contributed by atoms with Crippen LogP contribution in [-0.4, -0.2) is 43.7 Å². The van der Waals surface area contributed by atoms with E-state index in [1.165, 1.54) is 6.20 Å². The van der Waals surface area contributed by atoms with E-state index in [9.17, 15) is 9.90 Å². The van der Waals surface area contributed by atoms with Crippen molar-refractivity contribution in [3.05, 3.63) is 58.4 Å². The lowest BCUT2D eigenvalue weighted by Gasteiger charge is -2.25. The Hall–Kier alpha value is -2.44. The number of nitrogens with one attached hydrogen (secondary N) is 1. The first-order chi connectivity index (χ1) is 12.0. The third-order valence-corrected chi connectivity index (χ3v) is 4.89. The van der Waals surface area contributed by atoms with Gasteiger partial charge in [0.05, 0.1) is 17.7 Å². The minimum atomic E-state index is -0.544. The molecule has 2 aromatic heterocycles. The standard InChI is InChI=1S/C18H17ClN4O2/c1-10-15-6-12(8-20-17(15)22-21-10)18(25)23-9-14(24)7-16(23)11-2-4-13(19)5-3-11/h2-6,8,14,16,24H,7,9H2,1H3,(H,20,21,22)/t14-,16-/m0/s1. The van der Waals surface area contributed by atoms with Crippen molar-refractivity contribution in [2.75, 3.05) is 6.54 Å². The molecule has 0 radical (unpaired) electrons. The minimum Gasteiger partial charge on any atom is -0.391 e. The zero-order chi connectivity index (χ0) is 17.6. The van der Waals surface area contributed by atoms with Crippen LogP contribution in [0.25, 0.3) is 11.0 Å². The fourth-order valence-electron chi connectivity index (χ4n) is 3.34. The van der Waals surface area contributed by atoms with Gasteiger partial charge >= 0.3 is 0 Å². The summed E-state index contributed by atoms with van der Waals surface area (Å²) in [4.78, 5) is 19.0. The Morgan fingerprint density at radius 1 is 1.36 bits per heavy atom. The molecule has 0 saturated carbocycles. The van der Waals surface area contributed by atoms with Gasteiger partial charge in [-0.1, -0.05) is 23.7 Å². The molecule has 128 valence electrons. The lowest BCUT2D eigenvalue weighted by molar-refractivity contribution is 0.0715. The van der Waals surface area contributed by atoms with Crippen LogP contribution >= 0.6 is 11.6 Å². The van der Waals surface area contributed by atoms with Crippen molar-refractivity contribution in [2.24, 2.45) is 0 Å². The van der Waals surface area contributed by atoms with E-state index in [4.69, 9.17) is 11.6 Å². The van der Waals surface area contributed by atoms with E-state index >= 15 is 0 Å². The van der Waals surface area contributed by atoms with Crippen molar-refractivity contribution >= 4 is 28.5 Å². The number of carbonyl (C=O) groups excluding carboxylic acids is 1. The molecule has 1 saturated heterocycles. The molecule has 1 aliphatic rings. The summed E-state index contributed by atoms with van der Waals surface area (Å²) in [5.74, 6) is -0.147.